The van der Waals surface area contributed by atoms with Crippen molar-refractivity contribution in [2.45, 2.75) is 12.8 Å². The molecule has 0 unspecified atom stereocenters. The minimum Gasteiger partial charge on any atom is -0.497 e. The van der Waals surface area contributed by atoms with E-state index in [2.05, 4.69) is 5.32 Å². The third kappa shape index (κ3) is 5.29. The Balaban J connectivity index is 2.56. The maximum absolute atomic E-state index is 11.4. The number of hydrogen-bond donors (Lipinski definition) is 2. The van der Waals surface area contributed by atoms with Crippen molar-refractivity contribution in [2.75, 3.05) is 20.8 Å². The SMILES string of the molecule is COc1cc(CCC(=O)NCC(=O)O)cc(OC)c1. The molecular weight excluding hydrogens is 250 g/mol. The van der Waals surface area contributed by atoms with Gasteiger partial charge in [-0.2, -0.15) is 0 Å². The van der Waals surface area contributed by atoms with Crippen LogP contribution >= 0.6 is 0 Å². The summed E-state index contributed by atoms with van der Waals surface area (Å²) in [4.78, 5) is 21.7. The lowest BCUT2D eigenvalue weighted by Gasteiger charge is -2.08. The van der Waals surface area contributed by atoms with E-state index >= 15 is 0 Å². The summed E-state index contributed by atoms with van der Waals surface area (Å²) in [5, 5.41) is 10.7. The highest BCUT2D eigenvalue weighted by molar-refractivity contribution is 5.81. The van der Waals surface area contributed by atoms with E-state index in [-0.39, 0.29) is 18.9 Å². The van der Waals surface area contributed by atoms with E-state index in [9.17, 15) is 9.59 Å². The van der Waals surface area contributed by atoms with E-state index in [4.69, 9.17) is 14.6 Å². The second-order valence-corrected chi connectivity index (χ2v) is 3.89. The number of benzene rings is 1. The summed E-state index contributed by atoms with van der Waals surface area (Å²) in [6.07, 6.45) is 0.697. The van der Waals surface area contributed by atoms with E-state index in [0.717, 1.165) is 5.56 Å². The molecular formula is C13H17NO5. The number of carboxylic acid groups (broad SMARTS) is 1. The summed E-state index contributed by atoms with van der Waals surface area (Å²) in [7, 11) is 3.11. The van der Waals surface area contributed by atoms with Gasteiger partial charge in [0.15, 0.2) is 0 Å². The molecule has 0 heterocycles. The molecule has 1 aromatic rings. The number of carbonyl (C=O) groups is 2. The van der Waals surface area contributed by atoms with Crippen molar-refractivity contribution in [1.82, 2.24) is 5.32 Å². The fraction of sp³-hybridized carbons (Fsp3) is 0.385. The fourth-order valence-corrected chi connectivity index (χ4v) is 1.53. The molecule has 1 amide bonds. The molecule has 0 fully saturated rings. The van der Waals surface area contributed by atoms with Gasteiger partial charge in [-0.25, -0.2) is 0 Å². The van der Waals surface area contributed by atoms with Gasteiger partial charge in [-0.1, -0.05) is 0 Å². The van der Waals surface area contributed by atoms with Crippen molar-refractivity contribution >= 4 is 11.9 Å². The number of ether oxygens (including phenoxy) is 2. The summed E-state index contributed by atoms with van der Waals surface area (Å²) < 4.78 is 10.2. The van der Waals surface area contributed by atoms with Crippen LogP contribution in [0.1, 0.15) is 12.0 Å². The maximum atomic E-state index is 11.4. The lowest BCUT2D eigenvalue weighted by molar-refractivity contribution is -0.137. The van der Waals surface area contributed by atoms with Gasteiger partial charge in [0.25, 0.3) is 0 Å². The lowest BCUT2D eigenvalue weighted by Crippen LogP contribution is -2.29. The van der Waals surface area contributed by atoms with Gasteiger partial charge >= 0.3 is 5.97 Å². The second-order valence-electron chi connectivity index (χ2n) is 3.89. The minimum atomic E-state index is -1.06. The molecule has 0 aliphatic rings. The molecule has 0 radical (unpaired) electrons. The Morgan fingerprint density at radius 3 is 2.21 bits per heavy atom. The zero-order valence-corrected chi connectivity index (χ0v) is 10.9. The first-order valence-corrected chi connectivity index (χ1v) is 5.75. The normalized spacial score (nSPS) is 9.79. The van der Waals surface area contributed by atoms with Crippen LogP contribution in [0, 0.1) is 0 Å². The number of amides is 1. The number of hydrogen-bond acceptors (Lipinski definition) is 4. The molecule has 0 saturated carbocycles. The molecule has 0 spiro atoms. The average Bonchev–Trinajstić information content (AvgIpc) is 2.42. The van der Waals surface area contributed by atoms with Crippen LogP contribution in [0.4, 0.5) is 0 Å². The van der Waals surface area contributed by atoms with Crippen molar-refractivity contribution in [2.24, 2.45) is 0 Å². The molecule has 1 rings (SSSR count). The van der Waals surface area contributed by atoms with Gasteiger partial charge in [-0.15, -0.1) is 0 Å². The Kier molecular flexibility index (Phi) is 5.66. The average molecular weight is 267 g/mol. The number of aryl methyl sites for hydroxylation is 1. The van der Waals surface area contributed by atoms with Gasteiger partial charge in [0.2, 0.25) is 5.91 Å². The highest BCUT2D eigenvalue weighted by atomic mass is 16.5. The minimum absolute atomic E-state index is 0.212. The summed E-state index contributed by atoms with van der Waals surface area (Å²) in [5.41, 5.74) is 0.890. The Bertz CT molecular complexity index is 436. The Morgan fingerprint density at radius 2 is 1.74 bits per heavy atom. The van der Waals surface area contributed by atoms with Crippen molar-refractivity contribution in [1.29, 1.82) is 0 Å². The Morgan fingerprint density at radius 1 is 1.16 bits per heavy atom. The Labute approximate surface area is 111 Å². The number of methoxy groups -OCH3 is 2. The highest BCUT2D eigenvalue weighted by Crippen LogP contribution is 2.23. The predicted octanol–water partition coefficient (Wildman–Crippen LogP) is 0.837. The van der Waals surface area contributed by atoms with Crippen LogP contribution in [0.15, 0.2) is 18.2 Å². The van der Waals surface area contributed by atoms with E-state index in [1.807, 2.05) is 12.1 Å². The largest absolute Gasteiger partial charge is 0.497 e. The van der Waals surface area contributed by atoms with Crippen molar-refractivity contribution in [3.05, 3.63) is 23.8 Å². The molecule has 0 aliphatic heterocycles. The number of rotatable bonds is 7. The van der Waals surface area contributed by atoms with Crippen LogP contribution in [0.2, 0.25) is 0 Å². The van der Waals surface area contributed by atoms with Crippen LogP contribution < -0.4 is 14.8 Å². The van der Waals surface area contributed by atoms with Gasteiger partial charge in [-0.3, -0.25) is 9.59 Å². The third-order valence-corrected chi connectivity index (χ3v) is 2.49. The molecule has 6 heteroatoms. The molecule has 0 aromatic heterocycles. The highest BCUT2D eigenvalue weighted by Gasteiger charge is 2.06. The summed E-state index contributed by atoms with van der Waals surface area (Å²) in [5.74, 6) is -0.0545. The molecule has 0 atom stereocenters. The molecule has 19 heavy (non-hydrogen) atoms. The molecule has 0 bridgehead atoms. The molecule has 6 nitrogen and oxygen atoms in total. The van der Waals surface area contributed by atoms with E-state index in [0.29, 0.717) is 17.9 Å². The topological polar surface area (TPSA) is 84.9 Å². The first kappa shape index (κ1) is 14.8. The van der Waals surface area contributed by atoms with Gasteiger partial charge in [0.1, 0.15) is 18.0 Å². The van der Waals surface area contributed by atoms with Crippen molar-refractivity contribution in [3.8, 4) is 11.5 Å². The molecule has 104 valence electrons. The summed E-state index contributed by atoms with van der Waals surface area (Å²) >= 11 is 0. The number of carbonyl (C=O) groups excluding carboxylic acids is 1. The third-order valence-electron chi connectivity index (χ3n) is 2.49. The van der Waals surface area contributed by atoms with Crippen LogP contribution in [0.3, 0.4) is 0 Å². The zero-order valence-electron chi connectivity index (χ0n) is 10.9. The summed E-state index contributed by atoms with van der Waals surface area (Å²) in [6, 6.07) is 5.37. The Hall–Kier alpha value is -2.24. The van der Waals surface area contributed by atoms with Gasteiger partial charge in [0, 0.05) is 12.5 Å². The second kappa shape index (κ2) is 7.25. The number of nitrogens with one attached hydrogen (secondary N) is 1. The molecule has 2 N–H and O–H groups in total. The van der Waals surface area contributed by atoms with E-state index in [1.165, 1.54) is 0 Å². The smallest absolute Gasteiger partial charge is 0.322 e. The molecule has 0 aliphatic carbocycles. The summed E-state index contributed by atoms with van der Waals surface area (Å²) in [6.45, 7) is -0.361. The van der Waals surface area contributed by atoms with Crippen molar-refractivity contribution in [3.63, 3.8) is 0 Å². The number of carboxylic acids is 1. The quantitative estimate of drug-likeness (QED) is 0.764. The molecule has 0 saturated heterocycles. The standard InChI is InChI=1S/C13H17NO5/c1-18-10-5-9(6-11(7-10)19-2)3-4-12(15)14-8-13(16)17/h5-7H,3-4,8H2,1-2H3,(H,14,15)(H,16,17). The number of aliphatic carboxylic acids is 1. The van der Waals surface area contributed by atoms with Crippen LogP contribution in [-0.2, 0) is 16.0 Å². The van der Waals surface area contributed by atoms with Crippen molar-refractivity contribution < 1.29 is 24.2 Å². The lowest BCUT2D eigenvalue weighted by atomic mass is 10.1. The van der Waals surface area contributed by atoms with Crippen LogP contribution in [-0.4, -0.2) is 37.7 Å². The van der Waals surface area contributed by atoms with Gasteiger partial charge < -0.3 is 19.9 Å². The van der Waals surface area contributed by atoms with Gasteiger partial charge in [-0.05, 0) is 24.1 Å². The van der Waals surface area contributed by atoms with Gasteiger partial charge in [0.05, 0.1) is 14.2 Å². The van der Waals surface area contributed by atoms with E-state index < -0.39 is 5.97 Å². The predicted molar refractivity (Wildman–Crippen MR) is 68.5 cm³/mol. The van der Waals surface area contributed by atoms with Crippen LogP contribution in [0.5, 0.6) is 11.5 Å². The first-order valence-electron chi connectivity index (χ1n) is 5.75. The zero-order chi connectivity index (χ0) is 14.3. The monoisotopic (exact) mass is 267 g/mol. The fourth-order valence-electron chi connectivity index (χ4n) is 1.53. The van der Waals surface area contributed by atoms with Crippen LogP contribution in [0.25, 0.3) is 0 Å². The molecule has 1 aromatic carbocycles. The van der Waals surface area contributed by atoms with E-state index in [1.54, 1.807) is 20.3 Å². The maximum Gasteiger partial charge on any atom is 0.322 e. The first-order chi connectivity index (χ1) is 9.05.